The van der Waals surface area contributed by atoms with Crippen LogP contribution in [-0.4, -0.2) is 94.5 Å². The Morgan fingerprint density at radius 2 is 0.769 bits per heavy atom. The van der Waals surface area contributed by atoms with E-state index in [0.29, 0.717) is 68.2 Å². The maximum absolute atomic E-state index is 11.7. The molecule has 14 nitrogen and oxygen atoms in total. The molecule has 4 rings (SSSR count). The molecule has 52 heavy (non-hydrogen) atoms. The van der Waals surface area contributed by atoms with E-state index in [1.54, 1.807) is 48.5 Å². The van der Waals surface area contributed by atoms with Crippen molar-refractivity contribution in [2.45, 2.75) is 12.2 Å². The lowest BCUT2D eigenvalue weighted by Crippen LogP contribution is -2.13. The average Bonchev–Trinajstić information content (AvgIpc) is 3.19. The zero-order valence-electron chi connectivity index (χ0n) is 31.0. The van der Waals surface area contributed by atoms with Crippen molar-refractivity contribution in [3.8, 4) is 69.0 Å². The highest BCUT2D eigenvalue weighted by atomic mass is 16.6. The average molecular weight is 727 g/mol. The van der Waals surface area contributed by atoms with Crippen LogP contribution in [0, 0.1) is 0 Å². The van der Waals surface area contributed by atoms with E-state index < -0.39 is 12.2 Å². The fourth-order valence-corrected chi connectivity index (χ4v) is 5.79. The van der Waals surface area contributed by atoms with Gasteiger partial charge in [-0.25, -0.2) is 0 Å². The highest BCUT2D eigenvalue weighted by Crippen LogP contribution is 2.49. The first kappa shape index (κ1) is 39.2. The molecular weight excluding hydrogens is 680 g/mol. The first-order chi connectivity index (χ1) is 25.2. The van der Waals surface area contributed by atoms with Gasteiger partial charge in [0.1, 0.15) is 36.9 Å². The van der Waals surface area contributed by atoms with E-state index in [2.05, 4.69) is 0 Å². The molecule has 0 spiro atoms. The zero-order valence-corrected chi connectivity index (χ0v) is 31.0. The summed E-state index contributed by atoms with van der Waals surface area (Å²) in [5.74, 6) is 3.95. The Balaban J connectivity index is 1.64. The predicted molar refractivity (Wildman–Crippen MR) is 190 cm³/mol. The molecule has 0 aliphatic rings. The first-order valence-corrected chi connectivity index (χ1v) is 15.9. The molecule has 0 bridgehead atoms. The molecule has 0 saturated heterocycles. The van der Waals surface area contributed by atoms with Gasteiger partial charge in [0.15, 0.2) is 46.0 Å². The van der Waals surface area contributed by atoms with E-state index in [4.69, 9.17) is 56.8 Å². The molecule has 2 unspecified atom stereocenters. The Bertz CT molecular complexity index is 1810. The Labute approximate surface area is 303 Å². The molecule has 282 valence electrons. The van der Waals surface area contributed by atoms with Crippen LogP contribution in [0.3, 0.4) is 0 Å². The summed E-state index contributed by atoms with van der Waals surface area (Å²) in [6.45, 7) is 0.0169. The second-order valence-corrected chi connectivity index (χ2v) is 10.8. The topological polar surface area (TPSA) is 151 Å². The van der Waals surface area contributed by atoms with Crippen molar-refractivity contribution in [3.05, 3.63) is 70.8 Å². The molecule has 4 aromatic carbocycles. The van der Waals surface area contributed by atoms with E-state index >= 15 is 0 Å². The lowest BCUT2D eigenvalue weighted by atomic mass is 9.98. The molecule has 0 amide bonds. The van der Waals surface area contributed by atoms with Gasteiger partial charge >= 0.3 is 0 Å². The van der Waals surface area contributed by atoms with Crippen LogP contribution in [-0.2, 0) is 0 Å². The third-order valence-electron chi connectivity index (χ3n) is 8.24. The van der Waals surface area contributed by atoms with Gasteiger partial charge in [0.25, 0.3) is 0 Å². The quantitative estimate of drug-likeness (QED) is 0.119. The summed E-state index contributed by atoms with van der Waals surface area (Å²) < 4.78 is 67.9. The largest absolute Gasteiger partial charge is 0.497 e. The van der Waals surface area contributed by atoms with Gasteiger partial charge in [0.2, 0.25) is 11.5 Å². The second-order valence-electron chi connectivity index (χ2n) is 10.8. The van der Waals surface area contributed by atoms with E-state index in [0.717, 1.165) is 0 Å². The lowest BCUT2D eigenvalue weighted by molar-refractivity contribution is 0.187. The minimum atomic E-state index is -1.27. The van der Waals surface area contributed by atoms with Gasteiger partial charge in [-0.15, -0.1) is 0 Å². The number of aliphatic hydroxyl groups is 2. The van der Waals surface area contributed by atoms with Crippen molar-refractivity contribution in [2.24, 2.45) is 0 Å². The standard InChI is InChI=1S/C38H46O14/c1-41-21-17-25(33(46-6)29(19-21)45-5)32(40)26-18-22(42-2)20-30(34(26)47-7)51-15-16-52-38-28(44-4)14-12-24(36(38)49-9)31(39)23-11-13-27(43-3)37(50-10)35(23)48-8/h11-14,17-20,31-32,39-40H,15-16H2,1-10H3. The third-order valence-corrected chi connectivity index (χ3v) is 8.24. The van der Waals surface area contributed by atoms with Crippen LogP contribution in [0.4, 0.5) is 0 Å². The second kappa shape index (κ2) is 18.1. The minimum Gasteiger partial charge on any atom is -0.497 e. The van der Waals surface area contributed by atoms with E-state index in [1.165, 1.54) is 71.1 Å². The molecule has 0 fully saturated rings. The number of rotatable bonds is 19. The van der Waals surface area contributed by atoms with E-state index in [9.17, 15) is 10.2 Å². The van der Waals surface area contributed by atoms with Crippen LogP contribution in [0.25, 0.3) is 0 Å². The van der Waals surface area contributed by atoms with Gasteiger partial charge in [0, 0.05) is 34.4 Å². The number of ether oxygens (including phenoxy) is 12. The van der Waals surface area contributed by atoms with Gasteiger partial charge in [-0.05, 0) is 36.4 Å². The lowest BCUT2D eigenvalue weighted by Gasteiger charge is -2.23. The van der Waals surface area contributed by atoms with Crippen LogP contribution in [0.15, 0.2) is 48.5 Å². The van der Waals surface area contributed by atoms with Crippen LogP contribution >= 0.6 is 0 Å². The number of aliphatic hydroxyl groups excluding tert-OH is 2. The highest BCUT2D eigenvalue weighted by molar-refractivity contribution is 5.62. The van der Waals surface area contributed by atoms with Crippen molar-refractivity contribution in [1.29, 1.82) is 0 Å². The van der Waals surface area contributed by atoms with Crippen molar-refractivity contribution < 1.29 is 67.1 Å². The molecule has 0 radical (unpaired) electrons. The third kappa shape index (κ3) is 7.82. The van der Waals surface area contributed by atoms with Crippen LogP contribution in [0.1, 0.15) is 34.5 Å². The van der Waals surface area contributed by atoms with Crippen molar-refractivity contribution in [3.63, 3.8) is 0 Å². The number of hydrogen-bond donors (Lipinski definition) is 2. The molecular formula is C38H46O14. The van der Waals surface area contributed by atoms with Crippen molar-refractivity contribution in [2.75, 3.05) is 84.3 Å². The molecule has 0 aliphatic carbocycles. The van der Waals surface area contributed by atoms with Gasteiger partial charge < -0.3 is 67.1 Å². The van der Waals surface area contributed by atoms with Crippen LogP contribution < -0.4 is 56.8 Å². The van der Waals surface area contributed by atoms with Crippen molar-refractivity contribution >= 4 is 0 Å². The summed E-state index contributed by atoms with van der Waals surface area (Å²) >= 11 is 0. The fourth-order valence-electron chi connectivity index (χ4n) is 5.79. The Kier molecular flexibility index (Phi) is 13.6. The summed E-state index contributed by atoms with van der Waals surface area (Å²) in [5.41, 5.74) is 1.49. The van der Waals surface area contributed by atoms with E-state index in [-0.39, 0.29) is 36.2 Å². The molecule has 2 N–H and O–H groups in total. The zero-order chi connectivity index (χ0) is 37.9. The van der Waals surface area contributed by atoms with Gasteiger partial charge in [0.05, 0.1) is 71.1 Å². The molecule has 4 aromatic rings. The van der Waals surface area contributed by atoms with Crippen molar-refractivity contribution in [1.82, 2.24) is 0 Å². The molecule has 14 heteroatoms. The molecule has 0 aromatic heterocycles. The summed E-state index contributed by atoms with van der Waals surface area (Å²) in [4.78, 5) is 0. The Hall–Kier alpha value is -5.60. The summed E-state index contributed by atoms with van der Waals surface area (Å²) in [7, 11) is 14.9. The van der Waals surface area contributed by atoms with Crippen LogP contribution in [0.2, 0.25) is 0 Å². The number of benzene rings is 4. The summed E-state index contributed by atoms with van der Waals surface area (Å²) in [5, 5.41) is 23.3. The SMILES string of the molecule is COc1cc(OC)c(OC)c(C(O)c2cc(OC)cc(OCCOc3c(OC)ccc(C(O)c4ccc(OC)c(OC)c4OC)c3OC)c2OC)c1. The normalized spacial score (nSPS) is 11.8. The monoisotopic (exact) mass is 726 g/mol. The Morgan fingerprint density at radius 1 is 0.365 bits per heavy atom. The Morgan fingerprint density at radius 3 is 1.23 bits per heavy atom. The maximum Gasteiger partial charge on any atom is 0.204 e. The summed E-state index contributed by atoms with van der Waals surface area (Å²) in [6.07, 6.45) is -2.49. The number of methoxy groups -OCH3 is 10. The van der Waals surface area contributed by atoms with E-state index in [1.807, 2.05) is 0 Å². The fraction of sp³-hybridized carbons (Fsp3) is 0.368. The van der Waals surface area contributed by atoms with Gasteiger partial charge in [-0.3, -0.25) is 0 Å². The van der Waals surface area contributed by atoms with Crippen LogP contribution in [0.5, 0.6) is 69.0 Å². The van der Waals surface area contributed by atoms with Gasteiger partial charge in [-0.1, -0.05) is 0 Å². The minimum absolute atomic E-state index is 0.00506. The molecule has 0 saturated carbocycles. The summed E-state index contributed by atoms with van der Waals surface area (Å²) in [6, 6.07) is 13.2. The number of hydrogen-bond acceptors (Lipinski definition) is 14. The molecule has 2 atom stereocenters. The first-order valence-electron chi connectivity index (χ1n) is 15.9. The highest BCUT2D eigenvalue weighted by Gasteiger charge is 2.29. The van der Waals surface area contributed by atoms with Gasteiger partial charge in [-0.2, -0.15) is 0 Å². The predicted octanol–water partition coefficient (Wildman–Crippen LogP) is 5.39. The molecule has 0 aliphatic heterocycles. The smallest absolute Gasteiger partial charge is 0.204 e. The molecule has 0 heterocycles. The maximum atomic E-state index is 11.7.